The molecule has 0 aliphatic carbocycles. The van der Waals surface area contributed by atoms with Gasteiger partial charge in [-0.1, -0.05) is 11.6 Å². The number of carbonyl (C=O) groups excluding carboxylic acids is 1. The Morgan fingerprint density at radius 2 is 1.89 bits per heavy atom. The fourth-order valence-corrected chi connectivity index (χ4v) is 3.14. The van der Waals surface area contributed by atoms with Gasteiger partial charge in [0.25, 0.3) is 5.56 Å². The number of aromatic nitrogens is 3. The van der Waals surface area contributed by atoms with Gasteiger partial charge in [0.2, 0.25) is 5.91 Å². The molecule has 0 radical (unpaired) electrons. The molecule has 1 fully saturated rings. The van der Waals surface area contributed by atoms with Gasteiger partial charge in [0.15, 0.2) is 5.82 Å². The summed E-state index contributed by atoms with van der Waals surface area (Å²) in [5.41, 5.74) is 4.07. The zero-order valence-corrected chi connectivity index (χ0v) is 14.7. The Morgan fingerprint density at radius 1 is 1.22 bits per heavy atom. The number of hydrogen-bond acceptors (Lipinski definition) is 5. The molecule has 0 spiro atoms. The van der Waals surface area contributed by atoms with E-state index in [1.807, 2.05) is 4.90 Å². The lowest BCUT2D eigenvalue weighted by molar-refractivity contribution is -0.137. The van der Waals surface area contributed by atoms with E-state index in [2.05, 4.69) is 10.1 Å². The molecule has 1 saturated heterocycles. The molecule has 0 aromatic carbocycles. The van der Waals surface area contributed by atoms with Gasteiger partial charge in [0.05, 0.1) is 17.4 Å². The number of nitrogens with two attached hydrogens (primary N) is 1. The number of carbonyl (C=O) groups is 1. The molecule has 0 unspecified atom stereocenters. The van der Waals surface area contributed by atoms with E-state index in [9.17, 15) is 22.8 Å². The maximum absolute atomic E-state index is 12.6. The van der Waals surface area contributed by atoms with Gasteiger partial charge in [-0.25, -0.2) is 4.98 Å². The Balaban J connectivity index is 1.86. The Morgan fingerprint density at radius 3 is 2.41 bits per heavy atom. The van der Waals surface area contributed by atoms with Gasteiger partial charge >= 0.3 is 6.18 Å². The molecule has 1 amide bonds. The van der Waals surface area contributed by atoms with Crippen LogP contribution >= 0.6 is 11.6 Å². The first-order valence-corrected chi connectivity index (χ1v) is 8.42. The SMILES string of the molecule is NC(=O)C1CCN(c2cnn(-c3ccc(C(F)(F)F)cn3)c(=O)c2Cl)CC1. The topological polar surface area (TPSA) is 94.1 Å². The number of rotatable bonds is 3. The highest BCUT2D eigenvalue weighted by Crippen LogP contribution is 2.29. The summed E-state index contributed by atoms with van der Waals surface area (Å²) in [5, 5.41) is 3.85. The Hall–Kier alpha value is -2.62. The van der Waals surface area contributed by atoms with Crippen LogP contribution in [0.1, 0.15) is 18.4 Å². The standard InChI is InChI=1S/C16H15ClF3N5O2/c17-13-11(24-5-3-9(4-6-24)14(21)26)8-23-25(15(13)27)12-2-1-10(7-22-12)16(18,19)20/h1-2,7-9H,3-6H2,(H2,21,26). The van der Waals surface area contributed by atoms with Crippen molar-refractivity contribution in [3.05, 3.63) is 45.5 Å². The van der Waals surface area contributed by atoms with Gasteiger partial charge < -0.3 is 10.6 Å². The third kappa shape index (κ3) is 3.90. The summed E-state index contributed by atoms with van der Waals surface area (Å²) in [5.74, 6) is -0.652. The Labute approximate surface area is 156 Å². The Bertz CT molecular complexity index is 906. The zero-order valence-electron chi connectivity index (χ0n) is 13.9. The van der Waals surface area contributed by atoms with Crippen LogP contribution in [0.3, 0.4) is 0 Å². The van der Waals surface area contributed by atoms with Gasteiger partial charge in [-0.2, -0.15) is 23.0 Å². The van der Waals surface area contributed by atoms with Crippen molar-refractivity contribution in [2.75, 3.05) is 18.0 Å². The predicted molar refractivity (Wildman–Crippen MR) is 91.8 cm³/mol. The number of hydrogen-bond donors (Lipinski definition) is 1. The van der Waals surface area contributed by atoms with Gasteiger partial charge in [-0.3, -0.25) is 9.59 Å². The lowest BCUT2D eigenvalue weighted by Crippen LogP contribution is -2.39. The smallest absolute Gasteiger partial charge is 0.369 e. The highest BCUT2D eigenvalue weighted by molar-refractivity contribution is 6.33. The molecule has 1 aliphatic heterocycles. The maximum atomic E-state index is 12.6. The quantitative estimate of drug-likeness (QED) is 0.849. The van der Waals surface area contributed by atoms with Crippen molar-refractivity contribution >= 4 is 23.2 Å². The average molecular weight is 402 g/mol. The first kappa shape index (κ1) is 19.2. The van der Waals surface area contributed by atoms with Crippen LogP contribution in [-0.2, 0) is 11.0 Å². The summed E-state index contributed by atoms with van der Waals surface area (Å²) in [6.45, 7) is 0.966. The largest absolute Gasteiger partial charge is 0.417 e. The lowest BCUT2D eigenvalue weighted by Gasteiger charge is -2.32. The first-order chi connectivity index (χ1) is 12.7. The van der Waals surface area contributed by atoms with E-state index in [1.54, 1.807) is 0 Å². The van der Waals surface area contributed by atoms with Crippen LogP contribution in [0.5, 0.6) is 0 Å². The maximum Gasteiger partial charge on any atom is 0.417 e. The molecule has 27 heavy (non-hydrogen) atoms. The number of halogens is 4. The molecule has 2 aromatic heterocycles. The van der Waals surface area contributed by atoms with Crippen molar-refractivity contribution in [2.24, 2.45) is 11.7 Å². The van der Waals surface area contributed by atoms with Crippen LogP contribution in [0.25, 0.3) is 5.82 Å². The van der Waals surface area contributed by atoms with Gasteiger partial charge in [0.1, 0.15) is 5.02 Å². The summed E-state index contributed by atoms with van der Waals surface area (Å²) >= 11 is 6.17. The number of amides is 1. The number of anilines is 1. The van der Waals surface area contributed by atoms with E-state index < -0.39 is 17.3 Å². The average Bonchev–Trinajstić information content (AvgIpc) is 2.63. The third-order valence-corrected chi connectivity index (χ3v) is 4.79. The fraction of sp³-hybridized carbons (Fsp3) is 0.375. The van der Waals surface area contributed by atoms with Gasteiger partial charge in [0, 0.05) is 25.2 Å². The number of alkyl halides is 3. The van der Waals surface area contributed by atoms with Crippen molar-refractivity contribution in [3.8, 4) is 5.82 Å². The second-order valence-electron chi connectivity index (χ2n) is 6.13. The molecule has 0 saturated carbocycles. The molecular weight excluding hydrogens is 387 g/mol. The summed E-state index contributed by atoms with van der Waals surface area (Å²) in [7, 11) is 0. The van der Waals surface area contributed by atoms with E-state index in [4.69, 9.17) is 17.3 Å². The summed E-state index contributed by atoms with van der Waals surface area (Å²) < 4.78 is 38.7. The van der Waals surface area contributed by atoms with E-state index in [0.29, 0.717) is 37.8 Å². The van der Waals surface area contributed by atoms with Gasteiger partial charge in [-0.15, -0.1) is 0 Å². The van der Waals surface area contributed by atoms with Crippen LogP contribution in [-0.4, -0.2) is 33.8 Å². The van der Waals surface area contributed by atoms with Crippen molar-refractivity contribution < 1.29 is 18.0 Å². The normalized spacial score (nSPS) is 15.8. The monoisotopic (exact) mass is 401 g/mol. The van der Waals surface area contributed by atoms with E-state index in [0.717, 1.165) is 16.8 Å². The van der Waals surface area contributed by atoms with Crippen LogP contribution < -0.4 is 16.2 Å². The molecule has 2 aromatic rings. The molecular formula is C16H15ClF3N5O2. The minimum absolute atomic E-state index is 0.0751. The van der Waals surface area contributed by atoms with E-state index >= 15 is 0 Å². The number of nitrogens with zero attached hydrogens (tertiary/aromatic N) is 4. The number of pyridine rings is 1. The first-order valence-electron chi connectivity index (χ1n) is 8.04. The second kappa shape index (κ2) is 7.18. The molecule has 2 N–H and O–H groups in total. The zero-order chi connectivity index (χ0) is 19.8. The molecule has 3 rings (SSSR count). The molecule has 11 heteroatoms. The third-order valence-electron chi connectivity index (χ3n) is 4.43. The van der Waals surface area contributed by atoms with Crippen LogP contribution in [0.2, 0.25) is 5.02 Å². The van der Waals surface area contributed by atoms with Crippen molar-refractivity contribution in [2.45, 2.75) is 19.0 Å². The van der Waals surface area contributed by atoms with Crippen LogP contribution in [0, 0.1) is 5.92 Å². The molecule has 1 aliphatic rings. The number of primary amides is 1. The summed E-state index contributed by atoms with van der Waals surface area (Å²) in [4.78, 5) is 29.2. The van der Waals surface area contributed by atoms with Crippen molar-refractivity contribution in [1.29, 1.82) is 0 Å². The highest BCUT2D eigenvalue weighted by Gasteiger charge is 2.31. The number of piperidine rings is 1. The minimum atomic E-state index is -4.53. The second-order valence-corrected chi connectivity index (χ2v) is 6.51. The lowest BCUT2D eigenvalue weighted by atomic mass is 9.96. The molecule has 7 nitrogen and oxygen atoms in total. The van der Waals surface area contributed by atoms with Gasteiger partial charge in [-0.05, 0) is 25.0 Å². The van der Waals surface area contributed by atoms with E-state index in [-0.39, 0.29) is 22.7 Å². The summed E-state index contributed by atoms with van der Waals surface area (Å²) in [6, 6.07) is 1.86. The van der Waals surface area contributed by atoms with E-state index in [1.165, 1.54) is 6.20 Å². The molecule has 3 heterocycles. The highest BCUT2D eigenvalue weighted by atomic mass is 35.5. The molecule has 144 valence electrons. The van der Waals surface area contributed by atoms with Crippen molar-refractivity contribution in [3.63, 3.8) is 0 Å². The fourth-order valence-electron chi connectivity index (χ4n) is 2.89. The predicted octanol–water partition coefficient (Wildman–Crippen LogP) is 2.00. The molecule has 0 bridgehead atoms. The molecule has 0 atom stereocenters. The van der Waals surface area contributed by atoms with Crippen LogP contribution in [0.15, 0.2) is 29.3 Å². The summed E-state index contributed by atoms with van der Waals surface area (Å²) in [6.07, 6.45) is -1.47. The Kier molecular flexibility index (Phi) is 5.09. The van der Waals surface area contributed by atoms with Crippen molar-refractivity contribution in [1.82, 2.24) is 14.8 Å². The minimum Gasteiger partial charge on any atom is -0.369 e. The van der Waals surface area contributed by atoms with Crippen LogP contribution in [0.4, 0.5) is 18.9 Å².